The van der Waals surface area contributed by atoms with Crippen LogP contribution < -0.4 is 10.2 Å². The van der Waals surface area contributed by atoms with Gasteiger partial charge in [0.25, 0.3) is 0 Å². The molecule has 3 rings (SSSR count). The Morgan fingerprint density at radius 2 is 1.92 bits per heavy atom. The van der Waals surface area contributed by atoms with Gasteiger partial charge in [-0.1, -0.05) is 25.0 Å². The van der Waals surface area contributed by atoms with E-state index in [1.54, 1.807) is 6.07 Å². The van der Waals surface area contributed by atoms with Crippen molar-refractivity contribution in [1.29, 1.82) is 0 Å². The van der Waals surface area contributed by atoms with Crippen LogP contribution >= 0.6 is 24.0 Å². The number of guanidine groups is 1. The molecule has 0 amide bonds. The molecule has 1 aliphatic carbocycles. The fourth-order valence-electron chi connectivity index (χ4n) is 3.20. The van der Waals surface area contributed by atoms with Crippen LogP contribution in [0.1, 0.15) is 25.7 Å². The molecule has 24 heavy (non-hydrogen) atoms. The second-order valence-electron chi connectivity index (χ2n) is 6.49. The van der Waals surface area contributed by atoms with E-state index in [1.165, 1.54) is 31.7 Å². The molecule has 1 aliphatic heterocycles. The molecule has 1 N–H and O–H groups in total. The van der Waals surface area contributed by atoms with E-state index >= 15 is 0 Å². The Bertz CT molecular complexity index is 540. The maximum atomic E-state index is 13.9. The van der Waals surface area contributed by atoms with Crippen LogP contribution in [-0.4, -0.2) is 50.6 Å². The van der Waals surface area contributed by atoms with Gasteiger partial charge in [-0.05, 0) is 30.9 Å². The maximum absolute atomic E-state index is 13.9. The Kier molecular flexibility index (Phi) is 7.58. The van der Waals surface area contributed by atoms with Gasteiger partial charge < -0.3 is 15.1 Å². The summed E-state index contributed by atoms with van der Waals surface area (Å²) in [5.74, 6) is 1.83. The summed E-state index contributed by atoms with van der Waals surface area (Å²) in [6, 6.07) is 7.02. The summed E-state index contributed by atoms with van der Waals surface area (Å²) in [4.78, 5) is 8.79. The lowest BCUT2D eigenvalue weighted by Gasteiger charge is -2.37. The first-order valence-corrected chi connectivity index (χ1v) is 8.73. The SMILES string of the molecule is CN=C(NCCCC1CC1)N1CCN(c2ccccc2F)CC1.I. The Morgan fingerprint density at radius 3 is 2.54 bits per heavy atom. The van der Waals surface area contributed by atoms with Crippen molar-refractivity contribution in [2.24, 2.45) is 10.9 Å². The minimum atomic E-state index is -0.136. The topological polar surface area (TPSA) is 30.9 Å². The van der Waals surface area contributed by atoms with Gasteiger partial charge in [0.15, 0.2) is 5.96 Å². The molecule has 0 bridgehead atoms. The van der Waals surface area contributed by atoms with E-state index in [-0.39, 0.29) is 29.8 Å². The second-order valence-corrected chi connectivity index (χ2v) is 6.49. The van der Waals surface area contributed by atoms with Gasteiger partial charge in [-0.25, -0.2) is 4.39 Å². The molecule has 0 aromatic heterocycles. The number of anilines is 1. The zero-order chi connectivity index (χ0) is 16.1. The third-order valence-electron chi connectivity index (χ3n) is 4.75. The van der Waals surface area contributed by atoms with Gasteiger partial charge in [0.1, 0.15) is 5.82 Å². The molecule has 6 heteroatoms. The summed E-state index contributed by atoms with van der Waals surface area (Å²) in [5, 5.41) is 3.47. The van der Waals surface area contributed by atoms with Crippen LogP contribution in [0.5, 0.6) is 0 Å². The van der Waals surface area contributed by atoms with Gasteiger partial charge in [0, 0.05) is 39.8 Å². The zero-order valence-corrected chi connectivity index (χ0v) is 16.7. The number of hydrogen-bond donors (Lipinski definition) is 1. The van der Waals surface area contributed by atoms with Crippen molar-refractivity contribution in [2.45, 2.75) is 25.7 Å². The number of benzene rings is 1. The number of aliphatic imine (C=N–C) groups is 1. The highest BCUT2D eigenvalue weighted by atomic mass is 127. The average molecular weight is 446 g/mol. The third-order valence-corrected chi connectivity index (χ3v) is 4.75. The lowest BCUT2D eigenvalue weighted by molar-refractivity contribution is 0.370. The van der Waals surface area contributed by atoms with Crippen LogP contribution in [0.15, 0.2) is 29.3 Å². The summed E-state index contributed by atoms with van der Waals surface area (Å²) in [5.41, 5.74) is 0.708. The first-order valence-electron chi connectivity index (χ1n) is 8.73. The van der Waals surface area contributed by atoms with Crippen LogP contribution in [-0.2, 0) is 0 Å². The van der Waals surface area contributed by atoms with E-state index in [1.807, 2.05) is 19.2 Å². The van der Waals surface area contributed by atoms with Crippen molar-refractivity contribution in [2.75, 3.05) is 44.7 Å². The lowest BCUT2D eigenvalue weighted by Crippen LogP contribution is -2.52. The van der Waals surface area contributed by atoms with Gasteiger partial charge in [0.2, 0.25) is 0 Å². The van der Waals surface area contributed by atoms with Crippen LogP contribution in [0.3, 0.4) is 0 Å². The predicted octanol–water partition coefficient (Wildman–Crippen LogP) is 3.33. The highest BCUT2D eigenvalue weighted by molar-refractivity contribution is 14.0. The summed E-state index contributed by atoms with van der Waals surface area (Å²) in [6.45, 7) is 4.39. The number of hydrogen-bond acceptors (Lipinski definition) is 2. The average Bonchev–Trinajstić information content (AvgIpc) is 3.40. The van der Waals surface area contributed by atoms with E-state index in [0.717, 1.165) is 44.6 Å². The van der Waals surface area contributed by atoms with Gasteiger partial charge in [-0.2, -0.15) is 0 Å². The summed E-state index contributed by atoms with van der Waals surface area (Å²) >= 11 is 0. The summed E-state index contributed by atoms with van der Waals surface area (Å²) < 4.78 is 13.9. The lowest BCUT2D eigenvalue weighted by atomic mass is 10.2. The molecule has 0 spiro atoms. The van der Waals surface area contributed by atoms with E-state index < -0.39 is 0 Å². The normalized spacial score (nSPS) is 18.3. The molecule has 1 heterocycles. The number of nitrogens with one attached hydrogen (secondary N) is 1. The molecular weight excluding hydrogens is 418 g/mol. The molecule has 1 saturated carbocycles. The number of nitrogens with zero attached hydrogens (tertiary/aromatic N) is 3. The van der Waals surface area contributed by atoms with Crippen molar-refractivity contribution in [3.05, 3.63) is 30.1 Å². The van der Waals surface area contributed by atoms with Crippen molar-refractivity contribution >= 4 is 35.6 Å². The van der Waals surface area contributed by atoms with Gasteiger partial charge >= 0.3 is 0 Å². The van der Waals surface area contributed by atoms with E-state index in [9.17, 15) is 4.39 Å². The van der Waals surface area contributed by atoms with E-state index in [4.69, 9.17) is 0 Å². The van der Waals surface area contributed by atoms with Crippen LogP contribution in [0.4, 0.5) is 10.1 Å². The second kappa shape index (κ2) is 9.44. The van der Waals surface area contributed by atoms with Gasteiger partial charge in [-0.3, -0.25) is 4.99 Å². The molecule has 2 fully saturated rings. The molecule has 4 nitrogen and oxygen atoms in total. The molecule has 1 aromatic carbocycles. The molecule has 0 unspecified atom stereocenters. The fraction of sp³-hybridized carbons (Fsp3) is 0.611. The van der Waals surface area contributed by atoms with Gasteiger partial charge in [-0.15, -0.1) is 24.0 Å². The van der Waals surface area contributed by atoms with Crippen molar-refractivity contribution < 1.29 is 4.39 Å². The maximum Gasteiger partial charge on any atom is 0.193 e. The number of halogens is 2. The summed E-state index contributed by atoms with van der Waals surface area (Å²) in [7, 11) is 1.84. The Balaban J connectivity index is 0.00000208. The largest absolute Gasteiger partial charge is 0.366 e. The standard InChI is InChI=1S/C18H27FN4.HI/c1-20-18(21-10-4-5-15-8-9-15)23-13-11-22(12-14-23)17-7-3-2-6-16(17)19;/h2-3,6-7,15H,4-5,8-14H2,1H3,(H,20,21);1H. The Morgan fingerprint density at radius 1 is 1.21 bits per heavy atom. The Hall–Kier alpha value is -1.05. The van der Waals surface area contributed by atoms with E-state index in [2.05, 4.69) is 20.1 Å². The van der Waals surface area contributed by atoms with Crippen LogP contribution in [0, 0.1) is 11.7 Å². The molecule has 0 atom stereocenters. The summed E-state index contributed by atoms with van der Waals surface area (Å²) in [6.07, 6.45) is 5.41. The van der Waals surface area contributed by atoms with E-state index in [0.29, 0.717) is 5.69 Å². The first-order chi connectivity index (χ1) is 11.3. The minimum absolute atomic E-state index is 0. The Labute approximate surface area is 161 Å². The smallest absolute Gasteiger partial charge is 0.193 e. The van der Waals surface area contributed by atoms with Crippen LogP contribution in [0.2, 0.25) is 0 Å². The minimum Gasteiger partial charge on any atom is -0.366 e. The van der Waals surface area contributed by atoms with Crippen molar-refractivity contribution in [1.82, 2.24) is 10.2 Å². The highest BCUT2D eigenvalue weighted by Gasteiger charge is 2.22. The zero-order valence-electron chi connectivity index (χ0n) is 14.4. The molecular formula is C18H28FIN4. The third kappa shape index (κ3) is 5.22. The molecule has 2 aliphatic rings. The number of para-hydroxylation sites is 1. The highest BCUT2D eigenvalue weighted by Crippen LogP contribution is 2.33. The molecule has 1 saturated heterocycles. The molecule has 1 aromatic rings. The van der Waals surface area contributed by atoms with Crippen LogP contribution in [0.25, 0.3) is 0 Å². The molecule has 134 valence electrons. The quantitative estimate of drug-likeness (QED) is 0.326. The van der Waals surface area contributed by atoms with Crippen molar-refractivity contribution in [3.8, 4) is 0 Å². The molecule has 0 radical (unpaired) electrons. The van der Waals surface area contributed by atoms with Gasteiger partial charge in [0.05, 0.1) is 5.69 Å². The fourth-order valence-corrected chi connectivity index (χ4v) is 3.20. The monoisotopic (exact) mass is 446 g/mol. The predicted molar refractivity (Wildman–Crippen MR) is 109 cm³/mol. The number of piperazine rings is 1. The first kappa shape index (κ1) is 19.3. The van der Waals surface area contributed by atoms with Crippen molar-refractivity contribution in [3.63, 3.8) is 0 Å². The number of rotatable bonds is 5.